The Morgan fingerprint density at radius 3 is 2.26 bits per heavy atom. The Kier molecular flexibility index (Phi) is 6.97. The van der Waals surface area contributed by atoms with E-state index in [0.29, 0.717) is 32.3 Å². The number of carbonyl (C=O) groups is 5. The number of amides is 5. The molecule has 12 heteroatoms. The number of benzene rings is 3. The van der Waals surface area contributed by atoms with Crippen LogP contribution in [0.25, 0.3) is 0 Å². The number of halogens is 2. The van der Waals surface area contributed by atoms with Crippen LogP contribution in [-0.4, -0.2) is 51.8 Å². The second kappa shape index (κ2) is 10.8. The molecule has 0 radical (unpaired) electrons. The Morgan fingerprint density at radius 1 is 0.935 bits per heavy atom. The number of anilines is 1. The van der Waals surface area contributed by atoms with Crippen LogP contribution in [0.15, 0.2) is 84.4 Å². The van der Waals surface area contributed by atoms with Crippen molar-refractivity contribution in [1.82, 2.24) is 9.91 Å². The second-order valence-electron chi connectivity index (χ2n) is 11.9. The van der Waals surface area contributed by atoms with Crippen LogP contribution in [0.4, 0.5) is 14.9 Å². The minimum absolute atomic E-state index is 0.00962. The zero-order valence-corrected chi connectivity index (χ0v) is 25.1. The van der Waals surface area contributed by atoms with Crippen molar-refractivity contribution in [3.8, 4) is 5.75 Å². The Morgan fingerprint density at radius 2 is 1.61 bits per heavy atom. The molecule has 2 aliphatic heterocycles. The van der Waals surface area contributed by atoms with E-state index < -0.39 is 70.5 Å². The zero-order valence-electron chi connectivity index (χ0n) is 24.4. The molecule has 3 aromatic carbocycles. The number of hydrazine groups is 1. The van der Waals surface area contributed by atoms with E-state index in [1.165, 1.54) is 36.4 Å². The molecule has 46 heavy (non-hydrogen) atoms. The van der Waals surface area contributed by atoms with Crippen molar-refractivity contribution < 1.29 is 38.2 Å². The molecule has 10 nitrogen and oxygen atoms in total. The van der Waals surface area contributed by atoms with Gasteiger partial charge in [0.15, 0.2) is 0 Å². The minimum Gasteiger partial charge on any atom is -0.508 e. The van der Waals surface area contributed by atoms with E-state index >= 15 is 0 Å². The first-order valence-electron chi connectivity index (χ1n) is 14.7. The van der Waals surface area contributed by atoms with Gasteiger partial charge in [0.1, 0.15) is 11.6 Å². The Bertz CT molecular complexity index is 1830. The summed E-state index contributed by atoms with van der Waals surface area (Å²) in [7, 11) is 1.09. The van der Waals surface area contributed by atoms with Crippen LogP contribution in [0.2, 0.25) is 5.02 Å². The van der Waals surface area contributed by atoms with Crippen LogP contribution >= 0.6 is 11.6 Å². The predicted octanol–water partition coefficient (Wildman–Crippen LogP) is 4.94. The summed E-state index contributed by atoms with van der Waals surface area (Å²) in [5.41, 5.74) is 3.41. The SMILES string of the molecule is COC(=O)N1C(=O)C2CC=C3C(CC4C(=O)N(Nc5ccc(F)cc5)C(=O)C4(c4ccc(Cl)cc4)C3c3ccc(O)cc3)C2C1=O. The van der Waals surface area contributed by atoms with E-state index in [-0.39, 0.29) is 18.6 Å². The van der Waals surface area contributed by atoms with Gasteiger partial charge in [-0.3, -0.25) is 24.6 Å². The highest BCUT2D eigenvalue weighted by Gasteiger charge is 2.70. The molecule has 2 aliphatic carbocycles. The molecule has 5 amide bonds. The molecule has 0 aromatic heterocycles. The van der Waals surface area contributed by atoms with E-state index in [1.54, 1.807) is 36.4 Å². The Balaban J connectivity index is 1.44. The lowest BCUT2D eigenvalue weighted by molar-refractivity contribution is -0.140. The maximum atomic E-state index is 14.9. The average Bonchev–Trinajstić information content (AvgIpc) is 3.43. The number of nitrogens with one attached hydrogen (secondary N) is 1. The van der Waals surface area contributed by atoms with Gasteiger partial charge in [-0.25, -0.2) is 9.18 Å². The number of hydrogen-bond acceptors (Lipinski definition) is 8. The highest BCUT2D eigenvalue weighted by Crippen LogP contribution is 2.64. The topological polar surface area (TPSA) is 133 Å². The largest absolute Gasteiger partial charge is 0.508 e. The summed E-state index contributed by atoms with van der Waals surface area (Å²) in [5.74, 6) is -7.38. The summed E-state index contributed by atoms with van der Waals surface area (Å²) in [6.07, 6.45) is 0.917. The number of aromatic hydroxyl groups is 1. The van der Waals surface area contributed by atoms with E-state index in [1.807, 2.05) is 6.08 Å². The number of phenolic OH excluding ortho intramolecular Hbond substituents is 1. The fourth-order valence-corrected chi connectivity index (χ4v) is 8.09. The van der Waals surface area contributed by atoms with Gasteiger partial charge in [0.25, 0.3) is 11.8 Å². The number of phenols is 1. The third-order valence-electron chi connectivity index (χ3n) is 9.84. The Labute approximate surface area is 267 Å². The van der Waals surface area contributed by atoms with Gasteiger partial charge < -0.3 is 9.84 Å². The number of methoxy groups -OCH3 is 1. The molecular formula is C34H27ClFN3O7. The maximum absolute atomic E-state index is 14.9. The molecule has 6 atom stereocenters. The summed E-state index contributed by atoms with van der Waals surface area (Å²) in [4.78, 5) is 69.6. The number of likely N-dealkylation sites (tertiary alicyclic amines) is 1. The van der Waals surface area contributed by atoms with Crippen molar-refractivity contribution >= 4 is 47.0 Å². The van der Waals surface area contributed by atoms with Crippen LogP contribution in [0.1, 0.15) is 29.9 Å². The van der Waals surface area contributed by atoms with Crippen LogP contribution in [0.5, 0.6) is 5.75 Å². The number of fused-ring (bicyclic) bond motifs is 4. The number of hydrogen-bond donors (Lipinski definition) is 2. The molecular weight excluding hydrogens is 617 g/mol. The van der Waals surface area contributed by atoms with Crippen molar-refractivity contribution in [3.05, 3.63) is 106 Å². The molecule has 4 aliphatic rings. The molecule has 3 fully saturated rings. The predicted molar refractivity (Wildman–Crippen MR) is 161 cm³/mol. The van der Waals surface area contributed by atoms with Gasteiger partial charge in [0.2, 0.25) is 11.8 Å². The van der Waals surface area contributed by atoms with Crippen LogP contribution in [-0.2, 0) is 29.3 Å². The molecule has 1 saturated carbocycles. The monoisotopic (exact) mass is 643 g/mol. The molecule has 2 N–H and O–H groups in total. The molecule has 2 heterocycles. The number of imide groups is 4. The van der Waals surface area contributed by atoms with Crippen molar-refractivity contribution in [1.29, 1.82) is 0 Å². The minimum atomic E-state index is -1.55. The molecule has 2 saturated heterocycles. The quantitative estimate of drug-likeness (QED) is 0.302. The first-order valence-corrected chi connectivity index (χ1v) is 15.1. The van der Waals surface area contributed by atoms with Gasteiger partial charge in [-0.05, 0) is 78.4 Å². The van der Waals surface area contributed by atoms with Gasteiger partial charge in [0.05, 0.1) is 36.0 Å². The summed E-state index contributed by atoms with van der Waals surface area (Å²) in [6.45, 7) is 0. The standard InChI is InChI=1S/C34H27ClFN3O7/c1-46-33(45)38-29(41)24-15-14-23-25(27(24)31(38)43)16-26-30(42)39(37-21-10-8-20(36)9-11-21)32(44)34(26,18-4-6-19(35)7-5-18)28(23)17-2-12-22(40)13-3-17/h2-14,24-28,37,40H,15-16H2,1H3. The lowest BCUT2D eigenvalue weighted by atomic mass is 9.49. The fraction of sp³-hybridized carbons (Fsp3) is 0.265. The van der Waals surface area contributed by atoms with Gasteiger partial charge in [-0.2, -0.15) is 9.91 Å². The van der Waals surface area contributed by atoms with Crippen molar-refractivity contribution in [3.63, 3.8) is 0 Å². The highest BCUT2D eigenvalue weighted by atomic mass is 35.5. The summed E-state index contributed by atoms with van der Waals surface area (Å²) < 4.78 is 18.5. The van der Waals surface area contributed by atoms with Gasteiger partial charge >= 0.3 is 6.09 Å². The summed E-state index contributed by atoms with van der Waals surface area (Å²) in [5, 5.41) is 11.5. The van der Waals surface area contributed by atoms with E-state index in [9.17, 15) is 33.5 Å². The number of nitrogens with zero attached hydrogens (tertiary/aromatic N) is 2. The second-order valence-corrected chi connectivity index (χ2v) is 12.4. The fourth-order valence-electron chi connectivity index (χ4n) is 7.97. The number of rotatable bonds is 4. The average molecular weight is 644 g/mol. The van der Waals surface area contributed by atoms with Gasteiger partial charge in [-0.15, -0.1) is 0 Å². The number of ether oxygens (including phenoxy) is 1. The third kappa shape index (κ3) is 4.18. The van der Waals surface area contributed by atoms with Gasteiger partial charge in [0, 0.05) is 10.9 Å². The maximum Gasteiger partial charge on any atom is 0.423 e. The third-order valence-corrected chi connectivity index (χ3v) is 10.1. The smallest absolute Gasteiger partial charge is 0.423 e. The summed E-state index contributed by atoms with van der Waals surface area (Å²) in [6, 6.07) is 18.2. The van der Waals surface area contributed by atoms with E-state index in [0.717, 1.165) is 12.1 Å². The first kappa shape index (κ1) is 29.7. The molecule has 7 rings (SSSR count). The summed E-state index contributed by atoms with van der Waals surface area (Å²) >= 11 is 6.27. The van der Waals surface area contributed by atoms with E-state index in [4.69, 9.17) is 16.3 Å². The molecule has 234 valence electrons. The lowest BCUT2D eigenvalue weighted by Gasteiger charge is -2.50. The van der Waals surface area contributed by atoms with E-state index in [2.05, 4.69) is 5.43 Å². The van der Waals surface area contributed by atoms with Crippen molar-refractivity contribution in [2.45, 2.75) is 24.2 Å². The number of allylic oxidation sites excluding steroid dienone is 2. The van der Waals surface area contributed by atoms with Gasteiger partial charge in [-0.1, -0.05) is 47.5 Å². The zero-order chi connectivity index (χ0) is 32.5. The van der Waals surface area contributed by atoms with Crippen LogP contribution < -0.4 is 5.43 Å². The molecule has 0 bridgehead atoms. The normalized spacial score (nSPS) is 28.4. The lowest BCUT2D eigenvalue weighted by Crippen LogP contribution is -2.53. The van der Waals surface area contributed by atoms with Crippen LogP contribution in [0.3, 0.4) is 0 Å². The molecule has 0 spiro atoms. The number of carbonyl (C=O) groups excluding carboxylic acids is 5. The highest BCUT2D eigenvalue weighted by molar-refractivity contribution is 6.30. The van der Waals surface area contributed by atoms with Crippen molar-refractivity contribution in [2.24, 2.45) is 23.7 Å². The first-order chi connectivity index (χ1) is 22.1. The molecule has 3 aromatic rings. The molecule has 6 unspecified atom stereocenters. The van der Waals surface area contributed by atoms with Crippen molar-refractivity contribution in [2.75, 3.05) is 12.5 Å². The van der Waals surface area contributed by atoms with Crippen LogP contribution in [0, 0.1) is 29.5 Å². The Hall–Kier alpha value is -5.03.